The molecule has 12 atom stereocenters. The van der Waals surface area contributed by atoms with E-state index in [1.165, 1.54) is 12.5 Å². The molecular weight excluding hydrogens is 666 g/mol. The van der Waals surface area contributed by atoms with Crippen LogP contribution in [0.15, 0.2) is 36.5 Å². The van der Waals surface area contributed by atoms with Crippen molar-refractivity contribution in [1.82, 2.24) is 14.8 Å². The Kier molecular flexibility index (Phi) is 13.1. The van der Waals surface area contributed by atoms with Crippen LogP contribution in [0, 0.1) is 29.6 Å². The highest BCUT2D eigenvalue weighted by Crippen LogP contribution is 2.35. The SMILES string of the molecule is CC1CC(C)C(OC2O[C@H](C)C[C@H](N(C)C)[C@H]2O)C(C)C(=O)C(C)C(=O)OCC2OC(=O)N(CCCCc3ccnc4ccccc34)C2C(C)C1=O. The third kappa shape index (κ3) is 8.67. The molecule has 9 unspecified atom stereocenters. The number of nitrogens with zero attached hydrogens (tertiary/aromatic N) is 3. The lowest BCUT2D eigenvalue weighted by Crippen LogP contribution is -2.56. The quantitative estimate of drug-likeness (QED) is 0.227. The number of aromatic nitrogens is 1. The first-order valence-electron chi connectivity index (χ1n) is 18.9. The standard InChI is InChI=1S/C40H57N3O9/c1-22-19-23(2)37(52-39-36(46)31(42(7)8)20-24(3)50-39)26(5)35(45)27(6)38(47)49-21-32-33(25(4)34(22)44)43(40(48)51-32)18-12-11-13-28-16-17-41-30-15-10-9-14-29(28)30/h9-10,14-17,22-27,31-33,36-37,39,46H,11-13,18-21H2,1-8H3/t22?,23?,24-,25?,26?,27?,31+,32?,33?,36-,37?,39?/m1/s1. The number of aliphatic hydroxyl groups is 1. The molecule has 4 heterocycles. The molecular formula is C40H57N3O9. The topological polar surface area (TPSA) is 145 Å². The molecule has 12 nitrogen and oxygen atoms in total. The van der Waals surface area contributed by atoms with E-state index in [4.69, 9.17) is 18.9 Å². The molecule has 0 spiro atoms. The van der Waals surface area contributed by atoms with Gasteiger partial charge in [-0.15, -0.1) is 0 Å². The van der Waals surface area contributed by atoms with Gasteiger partial charge in [0.05, 0.1) is 23.8 Å². The molecule has 5 rings (SSSR count). The van der Waals surface area contributed by atoms with Crippen molar-refractivity contribution in [3.63, 3.8) is 0 Å². The van der Waals surface area contributed by atoms with Crippen LogP contribution in [0.4, 0.5) is 4.79 Å². The van der Waals surface area contributed by atoms with Gasteiger partial charge in [-0.1, -0.05) is 45.9 Å². The molecule has 3 aliphatic heterocycles. The first-order chi connectivity index (χ1) is 24.7. The first kappa shape index (κ1) is 39.8. The molecule has 3 fully saturated rings. The summed E-state index contributed by atoms with van der Waals surface area (Å²) in [4.78, 5) is 62.7. The number of carbonyl (C=O) groups is 4. The summed E-state index contributed by atoms with van der Waals surface area (Å²) in [6.45, 7) is 10.8. The van der Waals surface area contributed by atoms with Gasteiger partial charge < -0.3 is 33.9 Å². The van der Waals surface area contributed by atoms with Gasteiger partial charge in [-0.25, -0.2) is 4.79 Å². The summed E-state index contributed by atoms with van der Waals surface area (Å²) in [5, 5.41) is 12.3. The summed E-state index contributed by atoms with van der Waals surface area (Å²) in [5.41, 5.74) is 2.12. The summed E-state index contributed by atoms with van der Waals surface area (Å²) in [7, 11) is 3.78. The number of rotatable bonds is 8. The third-order valence-corrected chi connectivity index (χ3v) is 11.5. The Balaban J connectivity index is 1.34. The number of pyridine rings is 1. The highest BCUT2D eigenvalue weighted by molar-refractivity contribution is 6.00. The molecule has 52 heavy (non-hydrogen) atoms. The van der Waals surface area contributed by atoms with Crippen molar-refractivity contribution in [3.8, 4) is 0 Å². The van der Waals surface area contributed by atoms with Gasteiger partial charge >= 0.3 is 12.1 Å². The zero-order chi connectivity index (χ0) is 37.9. The Morgan fingerprint density at radius 2 is 1.67 bits per heavy atom. The molecule has 1 aromatic heterocycles. The van der Waals surface area contributed by atoms with Crippen molar-refractivity contribution in [1.29, 1.82) is 0 Å². The van der Waals surface area contributed by atoms with E-state index in [0.29, 0.717) is 25.8 Å². The lowest BCUT2D eigenvalue weighted by Gasteiger charge is -2.43. The molecule has 1 N–H and O–H groups in total. The van der Waals surface area contributed by atoms with E-state index in [1.54, 1.807) is 11.8 Å². The number of aryl methyl sites for hydroxylation is 1. The molecule has 0 saturated carbocycles. The fourth-order valence-electron chi connectivity index (χ4n) is 8.47. The minimum atomic E-state index is -1.12. The number of ketones is 2. The summed E-state index contributed by atoms with van der Waals surface area (Å²) in [6.07, 6.45) is 0.734. The second-order valence-electron chi connectivity index (χ2n) is 15.6. The van der Waals surface area contributed by atoms with E-state index in [-0.39, 0.29) is 36.2 Å². The average Bonchev–Trinajstić information content (AvgIpc) is 3.44. The Morgan fingerprint density at radius 3 is 2.40 bits per heavy atom. The second kappa shape index (κ2) is 17.1. The molecule has 3 aliphatic rings. The molecule has 1 aromatic carbocycles. The van der Waals surface area contributed by atoms with Crippen molar-refractivity contribution in [2.75, 3.05) is 27.2 Å². The number of carbonyl (C=O) groups excluding carboxylic acids is 4. The minimum absolute atomic E-state index is 0.0573. The van der Waals surface area contributed by atoms with E-state index in [1.807, 2.05) is 77.2 Å². The normalized spacial score (nSPS) is 35.3. The number of hydrogen-bond donors (Lipinski definition) is 1. The van der Waals surface area contributed by atoms with Gasteiger partial charge in [0.1, 0.15) is 24.4 Å². The molecule has 12 heteroatoms. The van der Waals surface area contributed by atoms with E-state index in [0.717, 1.165) is 23.7 Å². The van der Waals surface area contributed by atoms with Gasteiger partial charge in [0.25, 0.3) is 0 Å². The number of ether oxygens (including phenoxy) is 4. The van der Waals surface area contributed by atoms with Crippen LogP contribution in [0.1, 0.15) is 72.8 Å². The van der Waals surface area contributed by atoms with E-state index in [9.17, 15) is 24.3 Å². The Morgan fingerprint density at radius 1 is 0.942 bits per heavy atom. The van der Waals surface area contributed by atoms with E-state index < -0.39 is 66.4 Å². The third-order valence-electron chi connectivity index (χ3n) is 11.5. The predicted octanol–water partition coefficient (Wildman–Crippen LogP) is 4.82. The van der Waals surface area contributed by atoms with Crippen LogP contribution in [0.5, 0.6) is 0 Å². The zero-order valence-corrected chi connectivity index (χ0v) is 31.9. The van der Waals surface area contributed by atoms with Crippen LogP contribution < -0.4 is 0 Å². The monoisotopic (exact) mass is 723 g/mol. The van der Waals surface area contributed by atoms with Crippen LogP contribution in [-0.4, -0.2) is 114 Å². The minimum Gasteiger partial charge on any atom is -0.461 e. The fraction of sp³-hybridized carbons (Fsp3) is 0.675. The van der Waals surface area contributed by atoms with Gasteiger partial charge in [0.2, 0.25) is 0 Å². The summed E-state index contributed by atoms with van der Waals surface area (Å²) in [5.74, 6) is -4.47. The molecule has 0 radical (unpaired) electrons. The Hall–Kier alpha value is -3.45. The molecule has 286 valence electrons. The first-order valence-corrected chi connectivity index (χ1v) is 18.9. The van der Waals surface area contributed by atoms with Crippen molar-refractivity contribution in [2.45, 2.75) is 116 Å². The number of fused-ring (bicyclic) bond motifs is 2. The number of cyclic esters (lactones) is 1. The molecule has 0 bridgehead atoms. The maximum Gasteiger partial charge on any atom is 0.410 e. The number of aliphatic hydroxyl groups excluding tert-OH is 1. The predicted molar refractivity (Wildman–Crippen MR) is 194 cm³/mol. The number of Topliss-reactive ketones (excluding diaryl/α,β-unsaturated/α-hetero) is 2. The zero-order valence-electron chi connectivity index (χ0n) is 31.9. The van der Waals surface area contributed by atoms with Crippen LogP contribution in [0.2, 0.25) is 0 Å². The lowest BCUT2D eigenvalue weighted by molar-refractivity contribution is -0.278. The van der Waals surface area contributed by atoms with Gasteiger partial charge in [-0.2, -0.15) is 0 Å². The smallest absolute Gasteiger partial charge is 0.410 e. The van der Waals surface area contributed by atoms with Crippen molar-refractivity contribution in [3.05, 3.63) is 42.1 Å². The highest BCUT2D eigenvalue weighted by Gasteiger charge is 2.49. The summed E-state index contributed by atoms with van der Waals surface area (Å²) < 4.78 is 24.0. The lowest BCUT2D eigenvalue weighted by atomic mass is 9.78. The van der Waals surface area contributed by atoms with E-state index in [2.05, 4.69) is 11.1 Å². The van der Waals surface area contributed by atoms with Gasteiger partial charge in [0.15, 0.2) is 18.2 Å². The van der Waals surface area contributed by atoms with Crippen LogP contribution >= 0.6 is 0 Å². The van der Waals surface area contributed by atoms with Gasteiger partial charge in [-0.3, -0.25) is 19.4 Å². The van der Waals surface area contributed by atoms with Crippen LogP contribution in [0.25, 0.3) is 10.9 Å². The van der Waals surface area contributed by atoms with E-state index >= 15 is 0 Å². The number of amides is 1. The van der Waals surface area contributed by atoms with Crippen molar-refractivity contribution in [2.24, 2.45) is 29.6 Å². The fourth-order valence-corrected chi connectivity index (χ4v) is 8.47. The molecule has 2 aromatic rings. The van der Waals surface area contributed by atoms with Crippen LogP contribution in [0.3, 0.4) is 0 Å². The Bertz CT molecular complexity index is 1580. The second-order valence-corrected chi connectivity index (χ2v) is 15.6. The molecule has 3 saturated heterocycles. The summed E-state index contributed by atoms with van der Waals surface area (Å²) in [6, 6.07) is 9.16. The maximum absolute atomic E-state index is 14.2. The number of para-hydroxylation sites is 1. The summed E-state index contributed by atoms with van der Waals surface area (Å²) >= 11 is 0. The molecule has 0 aliphatic carbocycles. The number of hydrogen-bond acceptors (Lipinski definition) is 11. The molecule has 1 amide bonds. The average molecular weight is 724 g/mol. The van der Waals surface area contributed by atoms with Crippen molar-refractivity contribution < 1.29 is 43.2 Å². The van der Waals surface area contributed by atoms with Crippen molar-refractivity contribution >= 4 is 34.5 Å². The van der Waals surface area contributed by atoms with Crippen LogP contribution in [-0.2, 0) is 39.8 Å². The van der Waals surface area contributed by atoms with Gasteiger partial charge in [-0.05, 0) is 83.7 Å². The van der Waals surface area contributed by atoms with Gasteiger partial charge in [0, 0.05) is 41.9 Å². The largest absolute Gasteiger partial charge is 0.461 e. The number of benzene rings is 1. The Labute approximate surface area is 307 Å². The highest BCUT2D eigenvalue weighted by atomic mass is 16.7. The number of likely N-dealkylation sites (N-methyl/N-ethyl adjacent to an activating group) is 1. The number of esters is 1. The maximum atomic E-state index is 14.2. The number of unbranched alkanes of at least 4 members (excludes halogenated alkanes) is 1.